The van der Waals surface area contributed by atoms with E-state index < -0.39 is 0 Å². The van der Waals surface area contributed by atoms with E-state index in [1.54, 1.807) is 0 Å². The van der Waals surface area contributed by atoms with Gasteiger partial charge in [-0.3, -0.25) is 11.7 Å². The summed E-state index contributed by atoms with van der Waals surface area (Å²) in [5, 5.41) is 3.31. The van der Waals surface area contributed by atoms with Gasteiger partial charge < -0.3 is 38.9 Å². The van der Waals surface area contributed by atoms with E-state index in [4.69, 9.17) is 28.7 Å². The third kappa shape index (κ3) is 36.7. The molecule has 0 unspecified atom stereocenters. The van der Waals surface area contributed by atoms with Crippen molar-refractivity contribution in [2.45, 2.75) is 26.8 Å². The third-order valence-electron chi connectivity index (χ3n) is 2.52. The Hall–Kier alpha value is -0.360. The average molecular weight is 326 g/mol. The van der Waals surface area contributed by atoms with Crippen LogP contribution in [-0.4, -0.2) is 69.8 Å². The van der Waals surface area contributed by atoms with Gasteiger partial charge in [0.15, 0.2) is 0 Å². The Balaban J connectivity index is -0.000000115. The zero-order valence-corrected chi connectivity index (χ0v) is 14.9. The van der Waals surface area contributed by atoms with Gasteiger partial charge >= 0.3 is 0 Å². The normalized spacial score (nSPS) is 9.27. The van der Waals surface area contributed by atoms with Crippen LogP contribution in [-0.2, 0) is 0 Å². The summed E-state index contributed by atoms with van der Waals surface area (Å²) >= 11 is 0. The lowest BCUT2D eigenvalue weighted by molar-refractivity contribution is 0.303. The lowest BCUT2D eigenvalue weighted by Crippen LogP contribution is -2.36. The minimum atomic E-state index is -0.00926. The van der Waals surface area contributed by atoms with E-state index in [2.05, 4.69) is 42.7 Å². The highest BCUT2D eigenvalue weighted by atomic mass is 15.1. The number of nitrogens with two attached hydrogens (primary N) is 7. The van der Waals surface area contributed by atoms with Gasteiger partial charge in [-0.25, -0.2) is 0 Å². The molecular formula is C13H43N9. The summed E-state index contributed by atoms with van der Waals surface area (Å²) in [7, 11) is 0. The van der Waals surface area contributed by atoms with Crippen molar-refractivity contribution in [3.8, 4) is 0 Å². The number of nitrogens with zero attached hydrogens (tertiary/aromatic N) is 1. The van der Waals surface area contributed by atoms with Crippen LogP contribution in [0.2, 0.25) is 0 Å². The van der Waals surface area contributed by atoms with Gasteiger partial charge in [0.25, 0.3) is 0 Å². The van der Waals surface area contributed by atoms with Crippen molar-refractivity contribution >= 4 is 0 Å². The molecule has 9 nitrogen and oxygen atoms in total. The highest BCUT2D eigenvalue weighted by Gasteiger charge is 1.95. The number of hydrogen-bond donors (Lipinski definition) is 8. The van der Waals surface area contributed by atoms with Crippen LogP contribution >= 0.6 is 0 Å². The molecule has 0 spiro atoms. The Morgan fingerprint density at radius 3 is 1.45 bits per heavy atom. The van der Waals surface area contributed by atoms with Gasteiger partial charge in [0, 0.05) is 45.3 Å². The maximum Gasteiger partial charge on any atom is 0.0287 e. The zero-order valence-electron chi connectivity index (χ0n) is 14.9. The molecule has 0 saturated carbocycles. The number of rotatable bonds is 9. The fourth-order valence-electron chi connectivity index (χ4n) is 1.05. The van der Waals surface area contributed by atoms with Gasteiger partial charge in [0.2, 0.25) is 0 Å². The maximum absolute atomic E-state index is 5.22. The molecule has 0 radical (unpaired) electrons. The lowest BCUT2D eigenvalue weighted by atomic mass is 10.3. The second-order valence-corrected chi connectivity index (χ2v) is 4.19. The van der Waals surface area contributed by atoms with E-state index in [-0.39, 0.29) is 6.04 Å². The zero-order chi connectivity index (χ0) is 18.2. The summed E-state index contributed by atoms with van der Waals surface area (Å²) in [5.74, 6) is 8.00. The summed E-state index contributed by atoms with van der Waals surface area (Å²) in [5.41, 5.74) is 25.2. The second-order valence-electron chi connectivity index (χ2n) is 4.19. The second kappa shape index (κ2) is 32.5. The average Bonchev–Trinajstić information content (AvgIpc) is 2.60. The highest BCUT2D eigenvalue weighted by Crippen LogP contribution is 1.83. The van der Waals surface area contributed by atoms with Gasteiger partial charge in [-0.05, 0) is 19.6 Å². The van der Waals surface area contributed by atoms with Gasteiger partial charge in [0.05, 0.1) is 0 Å². The van der Waals surface area contributed by atoms with Crippen molar-refractivity contribution in [3.63, 3.8) is 0 Å². The monoisotopic (exact) mass is 325 g/mol. The summed E-state index contributed by atoms with van der Waals surface area (Å²) in [6.45, 7) is 14.4. The third-order valence-corrected chi connectivity index (χ3v) is 2.52. The Labute approximate surface area is 137 Å². The van der Waals surface area contributed by atoms with Crippen molar-refractivity contribution in [3.05, 3.63) is 0 Å². The predicted octanol–water partition coefficient (Wildman–Crippen LogP) is -3.11. The van der Waals surface area contributed by atoms with Crippen LogP contribution in [0.1, 0.15) is 20.8 Å². The first-order valence-electron chi connectivity index (χ1n) is 7.89. The van der Waals surface area contributed by atoms with Crippen LogP contribution in [0, 0.1) is 0 Å². The van der Waals surface area contributed by atoms with Gasteiger partial charge in [0.1, 0.15) is 0 Å². The van der Waals surface area contributed by atoms with E-state index in [0.717, 1.165) is 13.1 Å². The fourth-order valence-corrected chi connectivity index (χ4v) is 1.05. The van der Waals surface area contributed by atoms with E-state index in [0.29, 0.717) is 26.2 Å². The SMILES string of the molecule is CCNCCN(CC)CC.NCC(N)CN.NCCN.NN. The molecule has 0 aromatic heterocycles. The Morgan fingerprint density at radius 2 is 1.27 bits per heavy atom. The molecule has 0 aromatic carbocycles. The van der Waals surface area contributed by atoms with Crippen LogP contribution in [0.5, 0.6) is 0 Å². The minimum absolute atomic E-state index is 0.00926. The highest BCUT2D eigenvalue weighted by molar-refractivity contribution is 4.59. The molecule has 0 aromatic rings. The summed E-state index contributed by atoms with van der Waals surface area (Å²) in [6.07, 6.45) is 0. The largest absolute Gasteiger partial charge is 0.329 e. The molecule has 0 bridgehead atoms. The molecule has 0 atom stereocenters. The van der Waals surface area contributed by atoms with Crippen LogP contribution in [0.3, 0.4) is 0 Å². The minimum Gasteiger partial charge on any atom is -0.329 e. The molecule has 0 aliphatic heterocycles. The first kappa shape index (κ1) is 29.6. The van der Waals surface area contributed by atoms with Crippen molar-refractivity contribution < 1.29 is 0 Å². The molecule has 9 heteroatoms. The number of hydrazine groups is 1. The molecule has 0 amide bonds. The summed E-state index contributed by atoms with van der Waals surface area (Å²) in [6, 6.07) is -0.00926. The maximum atomic E-state index is 5.22. The lowest BCUT2D eigenvalue weighted by Gasteiger charge is -2.17. The van der Waals surface area contributed by atoms with E-state index in [1.807, 2.05) is 0 Å². The van der Waals surface area contributed by atoms with Crippen molar-refractivity contribution in [2.24, 2.45) is 40.4 Å². The van der Waals surface area contributed by atoms with E-state index in [9.17, 15) is 0 Å². The van der Waals surface area contributed by atoms with Gasteiger partial charge in [-0.15, -0.1) is 0 Å². The Morgan fingerprint density at radius 1 is 0.864 bits per heavy atom. The number of hydrogen-bond acceptors (Lipinski definition) is 9. The topological polar surface area (TPSA) is 197 Å². The summed E-state index contributed by atoms with van der Waals surface area (Å²) in [4.78, 5) is 2.42. The molecule has 0 heterocycles. The molecular weight excluding hydrogens is 282 g/mol. The predicted molar refractivity (Wildman–Crippen MR) is 98.9 cm³/mol. The molecule has 0 fully saturated rings. The standard InChI is InChI=1S/C8H20N2.C3H11N3.C2H8N2.H4N2/c1-4-9-7-8-10(5-2)6-3;4-1-3(6)2-5;3-1-2-4;1-2/h9H,4-8H2,1-3H3;3H,1-2,4-6H2;1-4H2;1-2H2. The van der Waals surface area contributed by atoms with Crippen LogP contribution < -0.4 is 45.7 Å². The molecule has 0 rings (SSSR count). The molecule has 22 heavy (non-hydrogen) atoms. The van der Waals surface area contributed by atoms with Crippen LogP contribution in [0.15, 0.2) is 0 Å². The number of likely N-dealkylation sites (N-methyl/N-ethyl adjacent to an activating group) is 2. The van der Waals surface area contributed by atoms with Crippen molar-refractivity contribution in [2.75, 3.05) is 58.9 Å². The van der Waals surface area contributed by atoms with E-state index in [1.165, 1.54) is 19.6 Å². The quantitative estimate of drug-likeness (QED) is 0.123. The van der Waals surface area contributed by atoms with Crippen molar-refractivity contribution in [1.82, 2.24) is 10.2 Å². The molecule has 15 N–H and O–H groups in total. The fraction of sp³-hybridized carbons (Fsp3) is 1.00. The number of nitrogens with one attached hydrogen (secondary N) is 1. The molecule has 0 aliphatic rings. The van der Waals surface area contributed by atoms with Gasteiger partial charge in [-0.1, -0.05) is 20.8 Å². The van der Waals surface area contributed by atoms with E-state index >= 15 is 0 Å². The molecule has 0 saturated heterocycles. The van der Waals surface area contributed by atoms with Crippen LogP contribution in [0.25, 0.3) is 0 Å². The van der Waals surface area contributed by atoms with Crippen molar-refractivity contribution in [1.29, 1.82) is 0 Å². The molecule has 140 valence electrons. The molecule has 0 aliphatic carbocycles. The van der Waals surface area contributed by atoms with Crippen LogP contribution in [0.4, 0.5) is 0 Å². The first-order valence-corrected chi connectivity index (χ1v) is 7.89. The Bertz CT molecular complexity index is 139. The summed E-state index contributed by atoms with van der Waals surface area (Å²) < 4.78 is 0. The smallest absolute Gasteiger partial charge is 0.0287 e. The van der Waals surface area contributed by atoms with Gasteiger partial charge in [-0.2, -0.15) is 0 Å². The first-order chi connectivity index (χ1) is 10.6. The Kier molecular flexibility index (Phi) is 43.8.